The Morgan fingerprint density at radius 3 is 2.39 bits per heavy atom. The third kappa shape index (κ3) is 2.98. The largest absolute Gasteiger partial charge is 0.493 e. The molecule has 4 rings (SSSR count). The van der Waals surface area contributed by atoms with Crippen molar-refractivity contribution < 1.29 is 19.0 Å². The van der Waals surface area contributed by atoms with Gasteiger partial charge in [-0.05, 0) is 23.6 Å². The quantitative estimate of drug-likeness (QED) is 0.862. The van der Waals surface area contributed by atoms with E-state index < -0.39 is 0 Å². The molecule has 0 aliphatic carbocycles. The zero-order chi connectivity index (χ0) is 19.7. The fourth-order valence-electron chi connectivity index (χ4n) is 4.63. The third-order valence-electron chi connectivity index (χ3n) is 5.90. The average Bonchev–Trinajstić information content (AvgIpc) is 3.33. The van der Waals surface area contributed by atoms with Crippen LogP contribution in [0.15, 0.2) is 42.5 Å². The molecule has 0 aromatic heterocycles. The number of ether oxygens (including phenoxy) is 3. The summed E-state index contributed by atoms with van der Waals surface area (Å²) in [6.45, 7) is 2.60. The van der Waals surface area contributed by atoms with E-state index in [-0.39, 0.29) is 11.9 Å². The fraction of sp³-hybridized carbons (Fsp3) is 0.409. The van der Waals surface area contributed by atoms with E-state index in [4.69, 9.17) is 14.2 Å². The number of likely N-dealkylation sites (tertiary alicyclic amines) is 1. The zero-order valence-electron chi connectivity index (χ0n) is 16.5. The number of rotatable bonds is 5. The monoisotopic (exact) mass is 382 g/mol. The normalized spacial score (nSPS) is 23.4. The van der Waals surface area contributed by atoms with Crippen LogP contribution < -0.4 is 19.5 Å². The van der Waals surface area contributed by atoms with Gasteiger partial charge in [0.25, 0.3) is 5.91 Å². The second-order valence-corrected chi connectivity index (χ2v) is 7.28. The molecule has 6 nitrogen and oxygen atoms in total. The van der Waals surface area contributed by atoms with Crippen LogP contribution in [-0.2, 0) is 0 Å². The van der Waals surface area contributed by atoms with Crippen LogP contribution in [0, 0.1) is 11.8 Å². The van der Waals surface area contributed by atoms with Gasteiger partial charge in [-0.15, -0.1) is 0 Å². The van der Waals surface area contributed by atoms with Crippen molar-refractivity contribution in [2.75, 3.05) is 41.0 Å². The maximum atomic E-state index is 13.6. The Hall–Kier alpha value is -2.73. The maximum absolute atomic E-state index is 13.6. The number of amides is 1. The van der Waals surface area contributed by atoms with Gasteiger partial charge in [0.1, 0.15) is 0 Å². The first-order chi connectivity index (χ1) is 13.7. The Balaban J connectivity index is 1.75. The molecule has 3 atom stereocenters. The first kappa shape index (κ1) is 18.6. The van der Waals surface area contributed by atoms with E-state index >= 15 is 0 Å². The van der Waals surface area contributed by atoms with Gasteiger partial charge in [-0.1, -0.05) is 30.3 Å². The van der Waals surface area contributed by atoms with Crippen LogP contribution in [0.1, 0.15) is 22.0 Å². The van der Waals surface area contributed by atoms with E-state index in [1.807, 2.05) is 23.1 Å². The van der Waals surface area contributed by atoms with Crippen molar-refractivity contribution in [3.8, 4) is 17.2 Å². The second-order valence-electron chi connectivity index (χ2n) is 7.28. The number of benzene rings is 2. The SMILES string of the molecule is COc1ccc(C(=O)N2C[C@@H]3CNC[C@@H]3[C@H]2c2ccccc2)c(OC)c1OC. The Bertz CT molecular complexity index is 855. The first-order valence-electron chi connectivity index (χ1n) is 9.55. The van der Waals surface area contributed by atoms with Gasteiger partial charge >= 0.3 is 0 Å². The van der Waals surface area contributed by atoms with E-state index in [1.165, 1.54) is 5.56 Å². The third-order valence-corrected chi connectivity index (χ3v) is 5.90. The zero-order valence-corrected chi connectivity index (χ0v) is 16.5. The summed E-state index contributed by atoms with van der Waals surface area (Å²) in [6.07, 6.45) is 0. The topological polar surface area (TPSA) is 60.0 Å². The summed E-state index contributed by atoms with van der Waals surface area (Å²) < 4.78 is 16.4. The Morgan fingerprint density at radius 2 is 1.71 bits per heavy atom. The molecule has 1 N–H and O–H groups in total. The lowest BCUT2D eigenvalue weighted by atomic mass is 9.89. The Kier molecular flexibility index (Phi) is 5.13. The molecule has 2 aromatic rings. The molecule has 2 saturated heterocycles. The summed E-state index contributed by atoms with van der Waals surface area (Å²) in [5.41, 5.74) is 1.67. The van der Waals surface area contributed by atoms with Crippen molar-refractivity contribution in [1.82, 2.24) is 10.2 Å². The highest BCUT2D eigenvalue weighted by Crippen LogP contribution is 2.46. The predicted molar refractivity (Wildman–Crippen MR) is 106 cm³/mol. The van der Waals surface area contributed by atoms with Crippen LogP contribution in [0.5, 0.6) is 17.2 Å². The van der Waals surface area contributed by atoms with E-state index in [0.29, 0.717) is 34.6 Å². The predicted octanol–water partition coefficient (Wildman–Crippen LogP) is 2.75. The molecule has 0 radical (unpaired) electrons. The number of nitrogens with zero attached hydrogens (tertiary/aromatic N) is 1. The van der Waals surface area contributed by atoms with Crippen molar-refractivity contribution in [2.24, 2.45) is 11.8 Å². The number of hydrogen-bond donors (Lipinski definition) is 1. The number of methoxy groups -OCH3 is 3. The highest BCUT2D eigenvalue weighted by atomic mass is 16.5. The minimum atomic E-state index is -0.0407. The van der Waals surface area contributed by atoms with Gasteiger partial charge in [-0.25, -0.2) is 0 Å². The molecule has 2 aliphatic rings. The molecule has 148 valence electrons. The van der Waals surface area contributed by atoms with E-state index in [0.717, 1.165) is 19.6 Å². The van der Waals surface area contributed by atoms with Crippen LogP contribution in [0.3, 0.4) is 0 Å². The number of nitrogens with one attached hydrogen (secondary N) is 1. The van der Waals surface area contributed by atoms with Crippen molar-refractivity contribution in [1.29, 1.82) is 0 Å². The van der Waals surface area contributed by atoms with E-state index in [9.17, 15) is 4.79 Å². The smallest absolute Gasteiger partial charge is 0.258 e. The summed E-state index contributed by atoms with van der Waals surface area (Å²) in [5, 5.41) is 3.48. The van der Waals surface area contributed by atoms with Gasteiger partial charge in [-0.3, -0.25) is 4.79 Å². The molecule has 1 amide bonds. The van der Waals surface area contributed by atoms with Crippen LogP contribution in [0.4, 0.5) is 0 Å². The molecule has 6 heteroatoms. The molecular formula is C22H26N2O4. The fourth-order valence-corrected chi connectivity index (χ4v) is 4.63. The number of carbonyl (C=O) groups excluding carboxylic acids is 1. The van der Waals surface area contributed by atoms with Crippen molar-refractivity contribution in [3.63, 3.8) is 0 Å². The molecule has 0 bridgehead atoms. The summed E-state index contributed by atoms with van der Waals surface area (Å²) in [5.74, 6) is 2.22. The molecule has 2 aromatic carbocycles. The summed E-state index contributed by atoms with van der Waals surface area (Å²) in [6, 6.07) is 13.9. The number of carbonyl (C=O) groups is 1. The van der Waals surface area contributed by atoms with Crippen LogP contribution in [0.2, 0.25) is 0 Å². The molecule has 2 aliphatic heterocycles. The Labute approximate surface area is 165 Å². The Morgan fingerprint density at radius 1 is 0.964 bits per heavy atom. The van der Waals surface area contributed by atoms with Crippen LogP contribution in [-0.4, -0.2) is 51.8 Å². The van der Waals surface area contributed by atoms with Gasteiger partial charge in [0.15, 0.2) is 11.5 Å². The molecule has 2 heterocycles. The minimum absolute atomic E-state index is 0.0407. The molecule has 28 heavy (non-hydrogen) atoms. The number of hydrogen-bond acceptors (Lipinski definition) is 5. The second kappa shape index (κ2) is 7.72. The van der Waals surface area contributed by atoms with Gasteiger partial charge in [0.05, 0.1) is 32.9 Å². The minimum Gasteiger partial charge on any atom is -0.493 e. The van der Waals surface area contributed by atoms with E-state index in [1.54, 1.807) is 33.5 Å². The standard InChI is InChI=1S/C22H26N2O4/c1-26-18-10-9-16(20(27-2)21(18)28-3)22(25)24-13-15-11-23-12-17(15)19(24)14-7-5-4-6-8-14/h4-10,15,17,19,23H,11-13H2,1-3H3/t15-,17-,19+/m0/s1. The average molecular weight is 382 g/mol. The lowest BCUT2D eigenvalue weighted by Crippen LogP contribution is -2.35. The maximum Gasteiger partial charge on any atom is 0.258 e. The molecule has 0 spiro atoms. The molecular weight excluding hydrogens is 356 g/mol. The van der Waals surface area contributed by atoms with Gasteiger partial charge in [0, 0.05) is 25.6 Å². The van der Waals surface area contributed by atoms with Crippen LogP contribution in [0.25, 0.3) is 0 Å². The lowest BCUT2D eigenvalue weighted by Gasteiger charge is -2.29. The molecule has 2 fully saturated rings. The number of fused-ring (bicyclic) bond motifs is 1. The molecule has 0 saturated carbocycles. The van der Waals surface area contributed by atoms with Gasteiger partial charge < -0.3 is 24.4 Å². The van der Waals surface area contributed by atoms with Crippen LogP contribution >= 0.6 is 0 Å². The van der Waals surface area contributed by atoms with E-state index in [2.05, 4.69) is 17.4 Å². The lowest BCUT2D eigenvalue weighted by molar-refractivity contribution is 0.0710. The first-order valence-corrected chi connectivity index (χ1v) is 9.55. The van der Waals surface area contributed by atoms with Crippen molar-refractivity contribution in [2.45, 2.75) is 6.04 Å². The van der Waals surface area contributed by atoms with Gasteiger partial charge in [-0.2, -0.15) is 0 Å². The molecule has 0 unspecified atom stereocenters. The highest BCUT2D eigenvalue weighted by Gasteiger charge is 2.47. The van der Waals surface area contributed by atoms with Crippen molar-refractivity contribution >= 4 is 5.91 Å². The summed E-state index contributed by atoms with van der Waals surface area (Å²) in [4.78, 5) is 15.6. The summed E-state index contributed by atoms with van der Waals surface area (Å²) in [7, 11) is 4.66. The van der Waals surface area contributed by atoms with Gasteiger partial charge in [0.2, 0.25) is 5.75 Å². The highest BCUT2D eigenvalue weighted by molar-refractivity contribution is 5.98. The van der Waals surface area contributed by atoms with Crippen molar-refractivity contribution in [3.05, 3.63) is 53.6 Å². The summed E-state index contributed by atoms with van der Waals surface area (Å²) >= 11 is 0.